The average molecular weight is 266 g/mol. The number of rotatable bonds is 3. The van der Waals surface area contributed by atoms with Gasteiger partial charge in [-0.2, -0.15) is 0 Å². The number of halogens is 1. The van der Waals surface area contributed by atoms with E-state index in [0.29, 0.717) is 17.5 Å². The molecule has 1 heterocycles. The van der Waals surface area contributed by atoms with Crippen LogP contribution in [0.4, 0.5) is 10.1 Å². The van der Waals surface area contributed by atoms with Crippen LogP contribution in [0, 0.1) is 11.7 Å². The first kappa shape index (κ1) is 14.3. The molecule has 0 bridgehead atoms. The number of nitrogens with zero attached hydrogens (tertiary/aromatic N) is 2. The Hall–Kier alpha value is -1.13. The lowest BCUT2D eigenvalue weighted by Crippen LogP contribution is -2.34. The minimum Gasteiger partial charge on any atom is -0.389 e. The Balaban J connectivity index is 2.28. The Labute approximate surface area is 114 Å². The first-order valence-corrected chi connectivity index (χ1v) is 6.79. The molecule has 3 nitrogen and oxygen atoms in total. The molecule has 19 heavy (non-hydrogen) atoms. The van der Waals surface area contributed by atoms with Crippen LogP contribution < -0.4 is 4.90 Å². The van der Waals surface area contributed by atoms with Gasteiger partial charge in [-0.05, 0) is 45.1 Å². The maximum absolute atomic E-state index is 13.3. The fourth-order valence-electron chi connectivity index (χ4n) is 2.97. The van der Waals surface area contributed by atoms with Crippen LogP contribution in [0.3, 0.4) is 0 Å². The predicted molar refractivity (Wildman–Crippen MR) is 75.9 cm³/mol. The number of hydrogen-bond donors (Lipinski definition) is 1. The molecular formula is C15H23FN2O. The first-order chi connectivity index (χ1) is 8.90. The van der Waals surface area contributed by atoms with Crippen molar-refractivity contribution in [2.75, 3.05) is 32.1 Å². The van der Waals surface area contributed by atoms with Gasteiger partial charge >= 0.3 is 0 Å². The summed E-state index contributed by atoms with van der Waals surface area (Å²) in [5.74, 6) is 0.262. The highest BCUT2D eigenvalue weighted by Crippen LogP contribution is 2.32. The standard InChI is InChI=1S/C15H23FN2O/c1-10-8-18(9-15(10)17(3)4)14-6-5-12(16)7-13(14)11(2)19/h5-7,10-11,15,19H,8-9H2,1-4H3/t10?,11-,15?/m0/s1. The van der Waals surface area contributed by atoms with E-state index in [2.05, 4.69) is 30.8 Å². The molecule has 4 heteroatoms. The lowest BCUT2D eigenvalue weighted by molar-refractivity contribution is 0.199. The van der Waals surface area contributed by atoms with Gasteiger partial charge < -0.3 is 14.9 Å². The molecule has 1 aliphatic heterocycles. The molecular weight excluding hydrogens is 243 g/mol. The molecule has 1 saturated heterocycles. The summed E-state index contributed by atoms with van der Waals surface area (Å²) in [7, 11) is 4.18. The Morgan fingerprint density at radius 2 is 2.05 bits per heavy atom. The fourth-order valence-corrected chi connectivity index (χ4v) is 2.97. The molecule has 0 aromatic heterocycles. The van der Waals surface area contributed by atoms with Gasteiger partial charge in [-0.1, -0.05) is 6.92 Å². The molecule has 1 aromatic rings. The van der Waals surface area contributed by atoms with Crippen molar-refractivity contribution >= 4 is 5.69 Å². The summed E-state index contributed by atoms with van der Waals surface area (Å²) in [4.78, 5) is 4.48. The number of likely N-dealkylation sites (N-methyl/N-ethyl adjacent to an activating group) is 1. The molecule has 1 N–H and O–H groups in total. The number of benzene rings is 1. The third-order valence-electron chi connectivity index (χ3n) is 4.02. The van der Waals surface area contributed by atoms with Crippen molar-refractivity contribution in [2.45, 2.75) is 26.0 Å². The van der Waals surface area contributed by atoms with E-state index in [1.165, 1.54) is 12.1 Å². The molecule has 0 spiro atoms. The second-order valence-corrected chi connectivity index (χ2v) is 5.79. The SMILES string of the molecule is CC1CN(c2ccc(F)cc2[C@H](C)O)CC1N(C)C. The van der Waals surface area contributed by atoms with Gasteiger partial charge in [0.05, 0.1) is 6.10 Å². The number of hydrogen-bond acceptors (Lipinski definition) is 3. The molecule has 2 rings (SSSR count). The van der Waals surface area contributed by atoms with E-state index in [1.54, 1.807) is 13.0 Å². The van der Waals surface area contributed by atoms with Crippen molar-refractivity contribution in [3.63, 3.8) is 0 Å². The number of aliphatic hydroxyl groups is 1. The van der Waals surface area contributed by atoms with Gasteiger partial charge in [-0.15, -0.1) is 0 Å². The molecule has 2 unspecified atom stereocenters. The molecule has 3 atom stereocenters. The zero-order valence-electron chi connectivity index (χ0n) is 12.1. The summed E-state index contributed by atoms with van der Waals surface area (Å²) < 4.78 is 13.3. The van der Waals surface area contributed by atoms with Gasteiger partial charge in [-0.25, -0.2) is 4.39 Å². The predicted octanol–water partition coefficient (Wildman–Crippen LogP) is 2.27. The van der Waals surface area contributed by atoms with Crippen molar-refractivity contribution in [1.82, 2.24) is 4.90 Å². The molecule has 0 amide bonds. The van der Waals surface area contributed by atoms with Gasteiger partial charge in [-0.3, -0.25) is 0 Å². The summed E-state index contributed by atoms with van der Waals surface area (Å²) in [5, 5.41) is 9.83. The van der Waals surface area contributed by atoms with Crippen LogP contribution in [0.25, 0.3) is 0 Å². The second-order valence-electron chi connectivity index (χ2n) is 5.79. The molecule has 0 aliphatic carbocycles. The summed E-state index contributed by atoms with van der Waals surface area (Å²) in [5.41, 5.74) is 1.62. The number of anilines is 1. The van der Waals surface area contributed by atoms with Gasteiger partial charge in [0.2, 0.25) is 0 Å². The van der Waals surface area contributed by atoms with E-state index in [4.69, 9.17) is 0 Å². The third kappa shape index (κ3) is 2.90. The zero-order chi connectivity index (χ0) is 14.2. The van der Waals surface area contributed by atoms with Gasteiger partial charge in [0.25, 0.3) is 0 Å². The van der Waals surface area contributed by atoms with Crippen LogP contribution in [0.15, 0.2) is 18.2 Å². The molecule has 1 aromatic carbocycles. The Morgan fingerprint density at radius 1 is 1.37 bits per heavy atom. The number of aliphatic hydroxyl groups excluding tert-OH is 1. The molecule has 0 saturated carbocycles. The third-order valence-corrected chi connectivity index (χ3v) is 4.02. The van der Waals surface area contributed by atoms with Crippen molar-refractivity contribution in [3.05, 3.63) is 29.6 Å². The lowest BCUT2D eigenvalue weighted by atomic mass is 10.1. The smallest absolute Gasteiger partial charge is 0.123 e. The van der Waals surface area contributed by atoms with Crippen LogP contribution in [0.1, 0.15) is 25.5 Å². The van der Waals surface area contributed by atoms with Crippen molar-refractivity contribution < 1.29 is 9.50 Å². The van der Waals surface area contributed by atoms with Crippen LogP contribution in [0.2, 0.25) is 0 Å². The maximum atomic E-state index is 13.3. The van der Waals surface area contributed by atoms with E-state index in [0.717, 1.165) is 18.8 Å². The van der Waals surface area contributed by atoms with Gasteiger partial charge in [0.15, 0.2) is 0 Å². The molecule has 1 aliphatic rings. The van der Waals surface area contributed by atoms with Gasteiger partial charge in [0.1, 0.15) is 5.82 Å². The minimum atomic E-state index is -0.653. The van der Waals surface area contributed by atoms with Crippen LogP contribution >= 0.6 is 0 Å². The van der Waals surface area contributed by atoms with Gasteiger partial charge in [0, 0.05) is 30.4 Å². The zero-order valence-corrected chi connectivity index (χ0v) is 12.1. The van der Waals surface area contributed by atoms with Crippen molar-refractivity contribution in [1.29, 1.82) is 0 Å². The Bertz CT molecular complexity index is 448. The van der Waals surface area contributed by atoms with E-state index in [-0.39, 0.29) is 5.82 Å². The summed E-state index contributed by atoms with van der Waals surface area (Å²) in [6.07, 6.45) is -0.653. The van der Waals surface area contributed by atoms with Crippen LogP contribution in [-0.4, -0.2) is 43.2 Å². The topological polar surface area (TPSA) is 26.7 Å². The average Bonchev–Trinajstić information content (AvgIpc) is 2.71. The highest BCUT2D eigenvalue weighted by atomic mass is 19.1. The summed E-state index contributed by atoms with van der Waals surface area (Å²) in [6.45, 7) is 5.77. The van der Waals surface area contributed by atoms with Crippen molar-refractivity contribution in [2.24, 2.45) is 5.92 Å². The molecule has 106 valence electrons. The monoisotopic (exact) mass is 266 g/mol. The summed E-state index contributed by atoms with van der Waals surface area (Å²) in [6, 6.07) is 5.18. The largest absolute Gasteiger partial charge is 0.389 e. The second kappa shape index (κ2) is 5.47. The van der Waals surface area contributed by atoms with E-state index in [9.17, 15) is 9.50 Å². The molecule has 0 radical (unpaired) electrons. The highest BCUT2D eigenvalue weighted by Gasteiger charge is 2.32. The van der Waals surface area contributed by atoms with Crippen LogP contribution in [0.5, 0.6) is 0 Å². The van der Waals surface area contributed by atoms with E-state index in [1.807, 2.05) is 0 Å². The fraction of sp³-hybridized carbons (Fsp3) is 0.600. The quantitative estimate of drug-likeness (QED) is 0.909. The first-order valence-electron chi connectivity index (χ1n) is 6.79. The Kier molecular flexibility index (Phi) is 4.11. The maximum Gasteiger partial charge on any atom is 0.123 e. The van der Waals surface area contributed by atoms with Crippen molar-refractivity contribution in [3.8, 4) is 0 Å². The molecule has 1 fully saturated rings. The summed E-state index contributed by atoms with van der Waals surface area (Å²) >= 11 is 0. The van der Waals surface area contributed by atoms with E-state index < -0.39 is 6.10 Å². The normalized spacial score (nSPS) is 25.1. The van der Waals surface area contributed by atoms with Crippen LogP contribution in [-0.2, 0) is 0 Å². The lowest BCUT2D eigenvalue weighted by Gasteiger charge is -2.25. The minimum absolute atomic E-state index is 0.295. The van der Waals surface area contributed by atoms with E-state index >= 15 is 0 Å². The highest BCUT2D eigenvalue weighted by molar-refractivity contribution is 5.56. The Morgan fingerprint density at radius 3 is 2.58 bits per heavy atom.